The van der Waals surface area contributed by atoms with Gasteiger partial charge in [0, 0.05) is 34.4 Å². The van der Waals surface area contributed by atoms with Crippen LogP contribution in [-0.4, -0.2) is 17.1 Å². The van der Waals surface area contributed by atoms with Gasteiger partial charge in [-0.1, -0.05) is 11.6 Å². The molecule has 2 aromatic heterocycles. The molecule has 0 aliphatic rings. The standard InChI is InChI=1S/C18H20ClN3O.2ClH/c1-18(2,22-11-14-4-3-9-23-14)12-21-16-7-8-20-17-10-13(19)5-6-15(16)17;;/h3-10,22H,11-12H2,1-2H3,(H,20,21);2*1H. The molecular weight excluding hydrogens is 381 g/mol. The van der Waals surface area contributed by atoms with E-state index in [0.29, 0.717) is 11.6 Å². The summed E-state index contributed by atoms with van der Waals surface area (Å²) in [7, 11) is 0. The molecule has 3 aromatic rings. The Kier molecular flexibility index (Phi) is 8.03. The lowest BCUT2D eigenvalue weighted by Gasteiger charge is -2.27. The van der Waals surface area contributed by atoms with Crippen molar-refractivity contribution in [3.05, 3.63) is 59.6 Å². The van der Waals surface area contributed by atoms with Crippen molar-refractivity contribution < 1.29 is 4.42 Å². The second kappa shape index (κ2) is 9.30. The van der Waals surface area contributed by atoms with Crippen LogP contribution in [-0.2, 0) is 6.54 Å². The summed E-state index contributed by atoms with van der Waals surface area (Å²) in [5, 5.41) is 8.76. The molecule has 1 aromatic carbocycles. The zero-order valence-electron chi connectivity index (χ0n) is 14.1. The van der Waals surface area contributed by atoms with E-state index in [0.717, 1.165) is 28.9 Å². The first-order valence-electron chi connectivity index (χ1n) is 7.59. The number of rotatable bonds is 6. The van der Waals surface area contributed by atoms with Gasteiger partial charge in [0.2, 0.25) is 0 Å². The second-order valence-corrected chi connectivity index (χ2v) is 6.63. The lowest BCUT2D eigenvalue weighted by molar-refractivity contribution is 0.376. The quantitative estimate of drug-likeness (QED) is 0.587. The SMILES string of the molecule is CC(C)(CNc1ccnc2cc(Cl)ccc12)NCc1ccco1.Cl.Cl. The average Bonchev–Trinajstić information content (AvgIpc) is 3.04. The number of benzene rings is 1. The first-order valence-corrected chi connectivity index (χ1v) is 7.97. The fourth-order valence-corrected chi connectivity index (χ4v) is 2.56. The Morgan fingerprint density at radius 2 is 1.96 bits per heavy atom. The topological polar surface area (TPSA) is 50.1 Å². The Labute approximate surface area is 165 Å². The number of hydrogen-bond donors (Lipinski definition) is 2. The largest absolute Gasteiger partial charge is 0.468 e. The minimum Gasteiger partial charge on any atom is -0.468 e. The molecule has 3 rings (SSSR count). The third-order valence-electron chi connectivity index (χ3n) is 3.75. The molecule has 4 nitrogen and oxygen atoms in total. The van der Waals surface area contributed by atoms with E-state index in [4.69, 9.17) is 16.0 Å². The highest BCUT2D eigenvalue weighted by Gasteiger charge is 2.17. The maximum atomic E-state index is 6.03. The molecule has 0 radical (unpaired) electrons. The van der Waals surface area contributed by atoms with E-state index in [1.165, 1.54) is 0 Å². The van der Waals surface area contributed by atoms with E-state index in [1.807, 2.05) is 36.4 Å². The Bertz CT molecular complexity index is 791. The molecule has 0 aliphatic carbocycles. The Morgan fingerprint density at radius 3 is 2.68 bits per heavy atom. The van der Waals surface area contributed by atoms with Crippen LogP contribution in [0.1, 0.15) is 19.6 Å². The van der Waals surface area contributed by atoms with Crippen molar-refractivity contribution in [2.75, 3.05) is 11.9 Å². The van der Waals surface area contributed by atoms with Gasteiger partial charge in [0.15, 0.2) is 0 Å². The number of nitrogens with zero attached hydrogens (tertiary/aromatic N) is 1. The third-order valence-corrected chi connectivity index (χ3v) is 3.98. The van der Waals surface area contributed by atoms with Crippen LogP contribution in [0.15, 0.2) is 53.3 Å². The molecule has 25 heavy (non-hydrogen) atoms. The van der Waals surface area contributed by atoms with E-state index < -0.39 is 0 Å². The molecule has 2 heterocycles. The summed E-state index contributed by atoms with van der Waals surface area (Å²) in [4.78, 5) is 4.36. The molecule has 0 amide bonds. The minimum atomic E-state index is -0.0885. The Balaban J connectivity index is 0.00000156. The van der Waals surface area contributed by atoms with E-state index in [-0.39, 0.29) is 30.4 Å². The number of aromatic nitrogens is 1. The van der Waals surface area contributed by atoms with Crippen LogP contribution >= 0.6 is 36.4 Å². The molecule has 7 heteroatoms. The molecule has 0 saturated carbocycles. The van der Waals surface area contributed by atoms with Gasteiger partial charge in [-0.05, 0) is 50.2 Å². The third kappa shape index (κ3) is 5.79. The van der Waals surface area contributed by atoms with E-state index >= 15 is 0 Å². The highest BCUT2D eigenvalue weighted by Crippen LogP contribution is 2.24. The molecule has 136 valence electrons. The molecular formula is C18H22Cl3N3O. The van der Waals surface area contributed by atoms with Crippen LogP contribution in [0.5, 0.6) is 0 Å². The molecule has 0 spiro atoms. The van der Waals surface area contributed by atoms with Gasteiger partial charge in [0.25, 0.3) is 0 Å². The molecule has 0 unspecified atom stereocenters. The van der Waals surface area contributed by atoms with Crippen LogP contribution < -0.4 is 10.6 Å². The number of furan rings is 1. The van der Waals surface area contributed by atoms with E-state index in [2.05, 4.69) is 29.5 Å². The minimum absolute atomic E-state index is 0. The summed E-state index contributed by atoms with van der Waals surface area (Å²) in [6.45, 7) is 5.79. The maximum absolute atomic E-state index is 6.03. The summed E-state index contributed by atoms with van der Waals surface area (Å²) >= 11 is 6.03. The molecule has 0 bridgehead atoms. The predicted octanol–water partition coefficient (Wildman–Crippen LogP) is 5.31. The predicted molar refractivity (Wildman–Crippen MR) is 109 cm³/mol. The van der Waals surface area contributed by atoms with Crippen LogP contribution in [0.3, 0.4) is 0 Å². The maximum Gasteiger partial charge on any atom is 0.117 e. The van der Waals surface area contributed by atoms with Crippen LogP contribution in [0.2, 0.25) is 5.02 Å². The van der Waals surface area contributed by atoms with Gasteiger partial charge in [-0.2, -0.15) is 0 Å². The van der Waals surface area contributed by atoms with Gasteiger partial charge in [0.1, 0.15) is 5.76 Å². The van der Waals surface area contributed by atoms with Crippen LogP contribution in [0, 0.1) is 0 Å². The first-order chi connectivity index (χ1) is 11.0. The average molecular weight is 403 g/mol. The van der Waals surface area contributed by atoms with Crippen molar-refractivity contribution in [1.29, 1.82) is 0 Å². The Morgan fingerprint density at radius 1 is 1.16 bits per heavy atom. The number of fused-ring (bicyclic) bond motifs is 1. The van der Waals surface area contributed by atoms with Gasteiger partial charge in [0.05, 0.1) is 18.3 Å². The van der Waals surface area contributed by atoms with Crippen molar-refractivity contribution in [3.8, 4) is 0 Å². The van der Waals surface area contributed by atoms with Gasteiger partial charge in [-0.15, -0.1) is 24.8 Å². The second-order valence-electron chi connectivity index (χ2n) is 6.19. The van der Waals surface area contributed by atoms with Gasteiger partial charge >= 0.3 is 0 Å². The molecule has 0 atom stereocenters. The first kappa shape index (κ1) is 21.6. The number of halogens is 3. The highest BCUT2D eigenvalue weighted by atomic mass is 35.5. The fraction of sp³-hybridized carbons (Fsp3) is 0.278. The zero-order valence-corrected chi connectivity index (χ0v) is 16.5. The summed E-state index contributed by atoms with van der Waals surface area (Å²) < 4.78 is 5.36. The number of hydrogen-bond acceptors (Lipinski definition) is 4. The van der Waals surface area contributed by atoms with E-state index in [1.54, 1.807) is 12.5 Å². The van der Waals surface area contributed by atoms with Gasteiger partial charge < -0.3 is 15.1 Å². The van der Waals surface area contributed by atoms with Crippen molar-refractivity contribution in [1.82, 2.24) is 10.3 Å². The monoisotopic (exact) mass is 401 g/mol. The molecule has 0 fully saturated rings. The van der Waals surface area contributed by atoms with Crippen molar-refractivity contribution in [2.24, 2.45) is 0 Å². The zero-order chi connectivity index (χ0) is 16.3. The normalized spacial score (nSPS) is 10.8. The summed E-state index contributed by atoms with van der Waals surface area (Å²) in [5.74, 6) is 0.932. The number of nitrogens with one attached hydrogen (secondary N) is 2. The smallest absolute Gasteiger partial charge is 0.117 e. The lowest BCUT2D eigenvalue weighted by Crippen LogP contribution is -2.44. The molecule has 0 aliphatic heterocycles. The summed E-state index contributed by atoms with van der Waals surface area (Å²) in [5.41, 5.74) is 1.86. The number of pyridine rings is 1. The number of anilines is 1. The molecule has 2 N–H and O–H groups in total. The van der Waals surface area contributed by atoms with Crippen molar-refractivity contribution >= 4 is 53.0 Å². The van der Waals surface area contributed by atoms with Gasteiger partial charge in [-0.25, -0.2) is 0 Å². The van der Waals surface area contributed by atoms with Crippen LogP contribution in [0.4, 0.5) is 5.69 Å². The highest BCUT2D eigenvalue weighted by molar-refractivity contribution is 6.31. The van der Waals surface area contributed by atoms with Gasteiger partial charge in [-0.3, -0.25) is 4.98 Å². The van der Waals surface area contributed by atoms with E-state index in [9.17, 15) is 0 Å². The Hall–Kier alpha value is -1.46. The fourth-order valence-electron chi connectivity index (χ4n) is 2.39. The van der Waals surface area contributed by atoms with Crippen molar-refractivity contribution in [2.45, 2.75) is 25.9 Å². The molecule has 0 saturated heterocycles. The summed E-state index contributed by atoms with van der Waals surface area (Å²) in [6, 6.07) is 11.6. The van der Waals surface area contributed by atoms with Crippen LogP contribution in [0.25, 0.3) is 10.9 Å². The summed E-state index contributed by atoms with van der Waals surface area (Å²) in [6.07, 6.45) is 3.49. The van der Waals surface area contributed by atoms with Crippen molar-refractivity contribution in [3.63, 3.8) is 0 Å². The lowest BCUT2D eigenvalue weighted by atomic mass is 10.1.